The molecule has 48 heavy (non-hydrogen) atoms. The van der Waals surface area contributed by atoms with Crippen molar-refractivity contribution in [3.05, 3.63) is 101 Å². The van der Waals surface area contributed by atoms with E-state index < -0.39 is 52.2 Å². The summed E-state index contributed by atoms with van der Waals surface area (Å²) >= 11 is 0. The molecule has 0 aromatic heterocycles. The first kappa shape index (κ1) is 30.9. The van der Waals surface area contributed by atoms with Gasteiger partial charge in [-0.1, -0.05) is 48.5 Å². The highest BCUT2D eigenvalue weighted by atomic mass is 16.6. The molecule has 3 aromatic rings. The molecule has 250 valence electrons. The number of aliphatic hydroxyl groups is 2. The van der Waals surface area contributed by atoms with Crippen LogP contribution in [0.4, 0.5) is 0 Å². The lowest BCUT2D eigenvalue weighted by molar-refractivity contribution is -0.578. The van der Waals surface area contributed by atoms with Gasteiger partial charge in [-0.3, -0.25) is 9.59 Å². The molecule has 2 amide bonds. The van der Waals surface area contributed by atoms with E-state index in [0.29, 0.717) is 53.3 Å². The minimum atomic E-state index is -1.89. The normalized spacial score (nSPS) is 35.2. The summed E-state index contributed by atoms with van der Waals surface area (Å²) in [7, 11) is 4.66. The summed E-state index contributed by atoms with van der Waals surface area (Å²) in [6, 6.07) is 20.6. The zero-order valence-electron chi connectivity index (χ0n) is 27.7. The number of likely N-dealkylation sites (tertiary alicyclic amines) is 1. The highest BCUT2D eigenvalue weighted by Gasteiger charge is 3.08. The fourth-order valence-electron chi connectivity index (χ4n) is 10.1. The molecule has 0 unspecified atom stereocenters. The van der Waals surface area contributed by atoms with Gasteiger partial charge in [-0.2, -0.15) is 0 Å². The molecule has 2 saturated carbocycles. The standard InChI is InChI=1S/C38H40N2O8/c1-6-21(2)33(41)39-28-13-10-18-40(28)34(42)31-35(43)29-26(19-25(46-4)20-27(29)47-5)32-38(35)36(31,44)30(22-11-8-7-9-12-22)37(38,48-32)23-14-16-24(45-3)17-15-23/h6-9,11-12,14-17,19-20,28,30-32,43-44H,10,13,18H2,1-5H3,(H,39,41)/b21-6+/t28-,30-,31-,32-,35+,36-,37+,38+/m0/s1. The van der Waals surface area contributed by atoms with Gasteiger partial charge in [-0.25, -0.2) is 0 Å². The zero-order chi connectivity index (χ0) is 33.8. The number of allylic oxidation sites excluding steroid dienone is 1. The average molecular weight is 653 g/mol. The van der Waals surface area contributed by atoms with Crippen molar-refractivity contribution in [3.63, 3.8) is 0 Å². The van der Waals surface area contributed by atoms with Crippen molar-refractivity contribution in [1.29, 1.82) is 0 Å². The van der Waals surface area contributed by atoms with Gasteiger partial charge in [0.2, 0.25) is 11.8 Å². The molecular weight excluding hydrogens is 612 g/mol. The maximum atomic E-state index is 15.1. The Morgan fingerprint density at radius 2 is 1.69 bits per heavy atom. The first-order chi connectivity index (χ1) is 23.1. The number of hydrogen-bond donors (Lipinski definition) is 3. The summed E-state index contributed by atoms with van der Waals surface area (Å²) in [6.45, 7) is 3.89. The predicted molar refractivity (Wildman–Crippen MR) is 174 cm³/mol. The van der Waals surface area contributed by atoms with Crippen LogP contribution in [0, 0.1) is 11.3 Å². The van der Waals surface area contributed by atoms with E-state index in [9.17, 15) is 15.0 Å². The molecule has 2 aliphatic heterocycles. The van der Waals surface area contributed by atoms with Crippen molar-refractivity contribution in [2.24, 2.45) is 11.3 Å². The maximum absolute atomic E-state index is 15.1. The van der Waals surface area contributed by atoms with Gasteiger partial charge in [0.15, 0.2) is 0 Å². The van der Waals surface area contributed by atoms with Crippen LogP contribution < -0.4 is 19.5 Å². The van der Waals surface area contributed by atoms with Crippen LogP contribution in [0.3, 0.4) is 0 Å². The number of carbonyl (C=O) groups excluding carboxylic acids is 2. The van der Waals surface area contributed by atoms with Crippen molar-refractivity contribution < 1.29 is 38.7 Å². The van der Waals surface area contributed by atoms with E-state index in [0.717, 1.165) is 11.1 Å². The van der Waals surface area contributed by atoms with Crippen molar-refractivity contribution in [3.8, 4) is 17.2 Å². The molecule has 2 saturated heterocycles. The molecule has 8 rings (SSSR count). The molecule has 10 nitrogen and oxygen atoms in total. The van der Waals surface area contributed by atoms with Crippen LogP contribution >= 0.6 is 0 Å². The lowest BCUT2D eigenvalue weighted by Gasteiger charge is -2.90. The van der Waals surface area contributed by atoms with E-state index in [1.807, 2.05) is 60.7 Å². The Bertz CT molecular complexity index is 1860. The monoisotopic (exact) mass is 652 g/mol. The topological polar surface area (TPSA) is 127 Å². The summed E-state index contributed by atoms with van der Waals surface area (Å²) in [5, 5.41) is 29.9. The second-order valence-corrected chi connectivity index (χ2v) is 13.6. The van der Waals surface area contributed by atoms with Crippen molar-refractivity contribution >= 4 is 11.8 Å². The predicted octanol–water partition coefficient (Wildman–Crippen LogP) is 4.06. The van der Waals surface area contributed by atoms with E-state index in [1.54, 1.807) is 45.1 Å². The number of fused-ring (bicyclic) bond motifs is 3. The van der Waals surface area contributed by atoms with E-state index in [1.165, 1.54) is 7.11 Å². The van der Waals surface area contributed by atoms with Gasteiger partial charge in [0, 0.05) is 29.7 Å². The summed E-state index contributed by atoms with van der Waals surface area (Å²) in [5.74, 6) is -1.19. The number of nitrogens with one attached hydrogen (secondary N) is 1. The van der Waals surface area contributed by atoms with E-state index >= 15 is 4.79 Å². The number of nitrogens with zero attached hydrogens (tertiary/aromatic N) is 1. The number of carbonyl (C=O) groups is 2. The van der Waals surface area contributed by atoms with Gasteiger partial charge >= 0.3 is 0 Å². The quantitative estimate of drug-likeness (QED) is 0.311. The first-order valence-corrected chi connectivity index (χ1v) is 16.4. The van der Waals surface area contributed by atoms with Crippen molar-refractivity contribution in [1.82, 2.24) is 10.2 Å². The number of amides is 2. The van der Waals surface area contributed by atoms with Crippen LogP contribution in [0.15, 0.2) is 78.4 Å². The van der Waals surface area contributed by atoms with Gasteiger partial charge in [-0.05, 0) is 61.6 Å². The minimum Gasteiger partial charge on any atom is -0.497 e. The van der Waals surface area contributed by atoms with Gasteiger partial charge < -0.3 is 39.4 Å². The lowest BCUT2D eigenvalue weighted by atomic mass is 9.19. The Balaban J connectivity index is 1.34. The number of hydrogen-bond acceptors (Lipinski definition) is 8. The Morgan fingerprint density at radius 3 is 2.33 bits per heavy atom. The largest absolute Gasteiger partial charge is 0.497 e. The molecule has 4 fully saturated rings. The molecule has 3 aromatic carbocycles. The van der Waals surface area contributed by atoms with Crippen LogP contribution in [0.1, 0.15) is 61.0 Å². The third-order valence-electron chi connectivity index (χ3n) is 12.0. The summed E-state index contributed by atoms with van der Waals surface area (Å²) in [6.07, 6.45) is 1.61. The molecule has 3 N–H and O–H groups in total. The van der Waals surface area contributed by atoms with Gasteiger partial charge in [0.1, 0.15) is 46.1 Å². The highest BCUT2D eigenvalue weighted by Crippen LogP contribution is 2.99. The molecule has 5 aliphatic rings. The van der Waals surface area contributed by atoms with Crippen LogP contribution in [-0.4, -0.2) is 66.6 Å². The van der Waals surface area contributed by atoms with Gasteiger partial charge in [0.25, 0.3) is 0 Å². The van der Waals surface area contributed by atoms with Crippen molar-refractivity contribution in [2.45, 2.75) is 61.7 Å². The number of rotatable bonds is 8. The Kier molecular flexibility index (Phi) is 6.64. The second kappa shape index (κ2) is 10.3. The number of ether oxygens (including phenoxy) is 4. The van der Waals surface area contributed by atoms with E-state index in [-0.39, 0.29) is 5.91 Å². The fourth-order valence-corrected chi connectivity index (χ4v) is 10.1. The van der Waals surface area contributed by atoms with Gasteiger partial charge in [0.05, 0.1) is 32.8 Å². The zero-order valence-corrected chi connectivity index (χ0v) is 27.7. The second-order valence-electron chi connectivity index (χ2n) is 13.6. The Labute approximate surface area is 279 Å². The third-order valence-corrected chi connectivity index (χ3v) is 12.0. The Morgan fingerprint density at radius 1 is 0.979 bits per heavy atom. The smallest absolute Gasteiger partial charge is 0.248 e. The summed E-state index contributed by atoms with van der Waals surface area (Å²) in [4.78, 5) is 29.6. The molecule has 8 atom stereocenters. The summed E-state index contributed by atoms with van der Waals surface area (Å²) in [5.41, 5.74) is -3.05. The van der Waals surface area contributed by atoms with Gasteiger partial charge in [-0.15, -0.1) is 0 Å². The van der Waals surface area contributed by atoms with Crippen LogP contribution in [-0.2, 0) is 25.5 Å². The number of methoxy groups -OCH3 is 3. The minimum absolute atomic E-state index is 0.263. The molecule has 2 heterocycles. The molecular formula is C38H40N2O8. The molecule has 1 spiro atoms. The van der Waals surface area contributed by atoms with E-state index in [2.05, 4.69) is 5.32 Å². The highest BCUT2D eigenvalue weighted by molar-refractivity contribution is 5.94. The fraction of sp³-hybridized carbons (Fsp3) is 0.421. The SMILES string of the molecule is C/C=C(\C)C(=O)N[C@@H]1CCCN1C(=O)[C@@H]1[C@@]2(O)[C@H](c3ccccc3)[C@@]3(c4ccc(OC)cc4)O[C@H]4c5cc(OC)cc(OC)c5[C@]1(O)[C@]423. The summed E-state index contributed by atoms with van der Waals surface area (Å²) < 4.78 is 24.0. The van der Waals surface area contributed by atoms with Crippen LogP contribution in [0.2, 0.25) is 0 Å². The van der Waals surface area contributed by atoms with Crippen LogP contribution in [0.5, 0.6) is 17.2 Å². The first-order valence-electron chi connectivity index (χ1n) is 16.4. The number of benzene rings is 3. The lowest BCUT2D eigenvalue weighted by Crippen LogP contribution is -3.01. The average Bonchev–Trinajstić information content (AvgIpc) is 3.64. The van der Waals surface area contributed by atoms with Crippen molar-refractivity contribution in [2.75, 3.05) is 27.9 Å². The molecule has 3 aliphatic carbocycles. The Hall–Kier alpha value is -4.38. The van der Waals surface area contributed by atoms with E-state index in [4.69, 9.17) is 18.9 Å². The molecule has 0 radical (unpaired) electrons. The maximum Gasteiger partial charge on any atom is 0.248 e. The molecule has 0 bridgehead atoms. The third kappa shape index (κ3) is 3.24. The molecule has 10 heteroatoms. The van der Waals surface area contributed by atoms with Crippen LogP contribution in [0.25, 0.3) is 0 Å².